The molecule has 0 atom stereocenters. The van der Waals surface area contributed by atoms with E-state index in [2.05, 4.69) is 149 Å². The molecular formula is C72H90O2S2. The normalized spacial score (nSPS) is 14.1. The van der Waals surface area contributed by atoms with Crippen LogP contribution in [0.4, 0.5) is 0 Å². The summed E-state index contributed by atoms with van der Waals surface area (Å²) in [5, 5.41) is 14.2. The van der Waals surface area contributed by atoms with Gasteiger partial charge < -0.3 is 5.11 Å². The lowest BCUT2D eigenvalue weighted by atomic mass is 9.85. The third kappa shape index (κ3) is 18.6. The van der Waals surface area contributed by atoms with Crippen LogP contribution in [0.3, 0.4) is 0 Å². The van der Waals surface area contributed by atoms with Crippen molar-refractivity contribution in [1.29, 1.82) is 0 Å². The van der Waals surface area contributed by atoms with Gasteiger partial charge in [0.15, 0.2) is 5.78 Å². The van der Waals surface area contributed by atoms with Crippen molar-refractivity contribution in [3.8, 4) is 20.9 Å². The summed E-state index contributed by atoms with van der Waals surface area (Å²) in [7, 11) is 0. The number of carbonyl (C=O) groups excluding carboxylic acids is 1. The van der Waals surface area contributed by atoms with Gasteiger partial charge in [0.25, 0.3) is 0 Å². The van der Waals surface area contributed by atoms with Crippen LogP contribution in [-0.4, -0.2) is 5.78 Å². The summed E-state index contributed by atoms with van der Waals surface area (Å²) < 4.78 is 0. The minimum absolute atomic E-state index is 0.188. The van der Waals surface area contributed by atoms with E-state index in [1.165, 1.54) is 176 Å². The number of unbranched alkanes of at least 4 members (excludes halogenated alkanes) is 20. The quantitative estimate of drug-likeness (QED) is 0.0234. The second-order valence-electron chi connectivity index (χ2n) is 21.9. The molecule has 0 fully saturated rings. The SMILES string of the molecule is CCCCCCCCc1ccc(C2=CC(=CC3=C([O-])C(=Cc4cc(-c5ccc(CCCCCCCC)cc5)[s+]c(-c5ccc(CCCCCCCC)cc5)c4)C3=O)C=C(c3ccc(CCCCCCCC)cc3)S2)cc1. The van der Waals surface area contributed by atoms with Gasteiger partial charge >= 0.3 is 0 Å². The Balaban J connectivity index is 1.14. The molecule has 0 amide bonds. The molecule has 7 rings (SSSR count). The van der Waals surface area contributed by atoms with Crippen molar-refractivity contribution < 1.29 is 9.90 Å². The third-order valence-corrected chi connectivity index (χ3v) is 17.8. The molecule has 2 nitrogen and oxygen atoms in total. The molecular weight excluding hydrogens is 961 g/mol. The average Bonchev–Trinajstić information content (AvgIpc) is 3.46. The van der Waals surface area contributed by atoms with Gasteiger partial charge in [-0.1, -0.05) is 246 Å². The van der Waals surface area contributed by atoms with Gasteiger partial charge in [0.2, 0.25) is 21.1 Å². The van der Waals surface area contributed by atoms with Crippen LogP contribution in [0.5, 0.6) is 0 Å². The Morgan fingerprint density at radius 2 is 0.724 bits per heavy atom. The highest BCUT2D eigenvalue weighted by atomic mass is 32.2. The van der Waals surface area contributed by atoms with Gasteiger partial charge in [-0.05, 0) is 144 Å². The van der Waals surface area contributed by atoms with Crippen molar-refractivity contribution in [3.63, 3.8) is 0 Å². The number of hydrogen-bond acceptors (Lipinski definition) is 3. The van der Waals surface area contributed by atoms with Crippen LogP contribution in [0.15, 0.2) is 150 Å². The largest absolute Gasteiger partial charge is 0.871 e. The maximum atomic E-state index is 14.2. The number of Topliss-reactive ketones (excluding diaryl/α,β-unsaturated/α-hetero) is 1. The molecule has 0 saturated carbocycles. The fraction of sp³-hybridized carbons (Fsp3) is 0.444. The Bertz CT molecular complexity index is 2560. The van der Waals surface area contributed by atoms with E-state index in [9.17, 15) is 9.90 Å². The summed E-state index contributed by atoms with van der Waals surface area (Å²) in [4.78, 5) is 18.7. The molecule has 5 aromatic rings. The topological polar surface area (TPSA) is 40.1 Å². The van der Waals surface area contributed by atoms with Gasteiger partial charge in [0.1, 0.15) is 0 Å². The molecule has 1 aliphatic carbocycles. The second-order valence-corrected chi connectivity index (χ2v) is 24.0. The van der Waals surface area contributed by atoms with Crippen LogP contribution in [0.25, 0.3) is 36.8 Å². The summed E-state index contributed by atoms with van der Waals surface area (Å²) in [6, 6.07) is 40.6. The van der Waals surface area contributed by atoms with Gasteiger partial charge in [-0.15, -0.1) is 0 Å². The molecule has 2 heterocycles. The highest BCUT2D eigenvalue weighted by Crippen LogP contribution is 2.45. The first-order chi connectivity index (χ1) is 37.3. The lowest BCUT2D eigenvalue weighted by Crippen LogP contribution is -2.29. The average molecular weight is 1050 g/mol. The fourth-order valence-corrected chi connectivity index (χ4v) is 12.9. The van der Waals surface area contributed by atoms with E-state index >= 15 is 0 Å². The van der Waals surface area contributed by atoms with Gasteiger partial charge in [-0.2, -0.15) is 0 Å². The van der Waals surface area contributed by atoms with Crippen molar-refractivity contribution in [2.24, 2.45) is 0 Å². The van der Waals surface area contributed by atoms with Crippen molar-refractivity contribution >= 4 is 44.8 Å². The van der Waals surface area contributed by atoms with Crippen molar-refractivity contribution in [3.05, 3.63) is 189 Å². The first-order valence-corrected chi connectivity index (χ1v) is 31.8. The molecule has 0 spiro atoms. The standard InChI is InChI=1S/C72H90O2S2/c1-5-9-13-17-21-25-29-55-33-41-61(42-34-55)67-51-59(52-68(75-67)62-43-35-56(36-44-62)30-26-22-18-14-10-6-2)49-65-71(73)66(72(65)74)50-60-53-69(63-45-37-57(38-46-63)31-27-23-19-15-11-7-3)76-70(54-60)64-47-39-58(40-48-64)32-28-24-20-16-12-8-4/h33-54H,5-32H2,1-4H3. The molecule has 1 aromatic heterocycles. The van der Waals surface area contributed by atoms with E-state index < -0.39 is 0 Å². The fourth-order valence-electron chi connectivity index (χ4n) is 10.6. The van der Waals surface area contributed by atoms with Crippen LogP contribution in [0, 0.1) is 0 Å². The van der Waals surface area contributed by atoms with Crippen LogP contribution < -0.4 is 5.11 Å². The Labute approximate surface area is 469 Å². The lowest BCUT2D eigenvalue weighted by Gasteiger charge is -2.29. The molecule has 4 heteroatoms. The molecule has 0 bridgehead atoms. The molecule has 1 aliphatic heterocycles. The van der Waals surface area contributed by atoms with Crippen molar-refractivity contribution in [1.82, 2.24) is 0 Å². The third-order valence-electron chi connectivity index (χ3n) is 15.5. The number of hydrogen-bond donors (Lipinski definition) is 0. The van der Waals surface area contributed by atoms with Crippen LogP contribution in [-0.2, 0) is 30.5 Å². The van der Waals surface area contributed by atoms with Gasteiger partial charge in [-0.25, -0.2) is 0 Å². The summed E-state index contributed by atoms with van der Waals surface area (Å²) in [5.41, 5.74) is 12.4. The number of benzene rings is 4. The second kappa shape index (κ2) is 32.6. The Morgan fingerprint density at radius 3 is 1.05 bits per heavy atom. The maximum absolute atomic E-state index is 14.2. The van der Waals surface area contributed by atoms with E-state index in [1.807, 2.05) is 12.2 Å². The van der Waals surface area contributed by atoms with Crippen molar-refractivity contribution in [2.75, 3.05) is 0 Å². The van der Waals surface area contributed by atoms with Crippen LogP contribution >= 0.6 is 23.1 Å². The van der Waals surface area contributed by atoms with Crippen LogP contribution in [0.2, 0.25) is 0 Å². The summed E-state index contributed by atoms with van der Waals surface area (Å²) >= 11 is 3.55. The molecule has 0 radical (unpaired) electrons. The highest BCUT2D eigenvalue weighted by Gasteiger charge is 2.28. The predicted octanol–water partition coefficient (Wildman–Crippen LogP) is 21.3. The molecule has 4 aromatic carbocycles. The Morgan fingerprint density at radius 1 is 0.408 bits per heavy atom. The molecule has 0 saturated heterocycles. The van der Waals surface area contributed by atoms with Gasteiger partial charge in [0.05, 0.1) is 0 Å². The Hall–Kier alpha value is -5.03. The number of allylic oxidation sites excluding steroid dienone is 6. The molecule has 402 valence electrons. The Kier molecular flexibility index (Phi) is 25.2. The van der Waals surface area contributed by atoms with Gasteiger partial charge in [-0.3, -0.25) is 4.79 Å². The van der Waals surface area contributed by atoms with E-state index in [0.717, 1.165) is 78.6 Å². The van der Waals surface area contributed by atoms with E-state index in [-0.39, 0.29) is 22.7 Å². The first kappa shape index (κ1) is 58.6. The minimum atomic E-state index is -0.188. The maximum Gasteiger partial charge on any atom is 0.239 e. The monoisotopic (exact) mass is 1050 g/mol. The molecule has 0 unspecified atom stereocenters. The summed E-state index contributed by atoms with van der Waals surface area (Å²) in [6.45, 7) is 9.09. The minimum Gasteiger partial charge on any atom is -0.871 e. The van der Waals surface area contributed by atoms with E-state index in [1.54, 1.807) is 23.1 Å². The number of thioether (sulfide) groups is 1. The van der Waals surface area contributed by atoms with Crippen LogP contribution in [0.1, 0.15) is 221 Å². The van der Waals surface area contributed by atoms with E-state index in [4.69, 9.17) is 0 Å². The molecule has 2 aliphatic rings. The zero-order chi connectivity index (χ0) is 53.2. The predicted molar refractivity (Wildman–Crippen MR) is 332 cm³/mol. The molecule has 0 N–H and O–H groups in total. The molecule has 76 heavy (non-hydrogen) atoms. The highest BCUT2D eigenvalue weighted by molar-refractivity contribution is 8.16. The smallest absolute Gasteiger partial charge is 0.239 e. The number of carbonyl (C=O) groups is 1. The number of rotatable bonds is 34. The lowest BCUT2D eigenvalue weighted by molar-refractivity contribution is -0.300. The van der Waals surface area contributed by atoms with E-state index in [0.29, 0.717) is 0 Å². The zero-order valence-electron chi connectivity index (χ0n) is 47.1. The van der Waals surface area contributed by atoms with Gasteiger partial charge in [0, 0.05) is 44.2 Å². The first-order valence-electron chi connectivity index (χ1n) is 30.2. The zero-order valence-corrected chi connectivity index (χ0v) is 48.8. The summed E-state index contributed by atoms with van der Waals surface area (Å²) in [5.74, 6) is -0.375. The van der Waals surface area contributed by atoms with Crippen molar-refractivity contribution in [2.45, 2.75) is 207 Å². The number of aryl methyl sites for hydroxylation is 4. The number of ketones is 1. The summed E-state index contributed by atoms with van der Waals surface area (Å²) in [6.07, 6.45) is 43.5.